The maximum absolute atomic E-state index is 5.61. The molecular weight excluding hydrogens is 292 g/mol. The summed E-state index contributed by atoms with van der Waals surface area (Å²) in [6.45, 7) is 1.99. The van der Waals surface area contributed by atoms with Crippen molar-refractivity contribution in [1.82, 2.24) is 30.2 Å². The van der Waals surface area contributed by atoms with E-state index in [2.05, 4.69) is 25.5 Å². The summed E-state index contributed by atoms with van der Waals surface area (Å²) < 4.78 is 7.33. The van der Waals surface area contributed by atoms with Crippen molar-refractivity contribution in [3.05, 3.63) is 42.7 Å². The van der Waals surface area contributed by atoms with Gasteiger partial charge in [0, 0.05) is 30.7 Å². The Morgan fingerprint density at radius 2 is 2.35 bits per heavy atom. The van der Waals surface area contributed by atoms with Crippen LogP contribution in [-0.2, 0) is 5.41 Å². The van der Waals surface area contributed by atoms with Gasteiger partial charge in [-0.2, -0.15) is 10.1 Å². The van der Waals surface area contributed by atoms with Crippen LogP contribution in [0.5, 0.6) is 0 Å². The molecule has 0 spiro atoms. The molecule has 2 aliphatic rings. The average Bonchev–Trinajstić information content (AvgIpc) is 3.29. The molecule has 0 bridgehead atoms. The first kappa shape index (κ1) is 13.0. The van der Waals surface area contributed by atoms with Gasteiger partial charge in [0.15, 0.2) is 5.82 Å². The highest BCUT2D eigenvalue weighted by Crippen LogP contribution is 2.50. The molecule has 7 heteroatoms. The Morgan fingerprint density at radius 3 is 3.13 bits per heavy atom. The third-order valence-corrected chi connectivity index (χ3v) is 5.15. The first-order chi connectivity index (χ1) is 11.4. The van der Waals surface area contributed by atoms with E-state index >= 15 is 0 Å². The molecule has 0 aromatic carbocycles. The number of hydrogen-bond acceptors (Lipinski definition) is 6. The smallest absolute Gasteiger partial charge is 0.234 e. The van der Waals surface area contributed by atoms with Crippen LogP contribution in [0.15, 0.2) is 41.3 Å². The van der Waals surface area contributed by atoms with Crippen molar-refractivity contribution in [2.45, 2.75) is 18.3 Å². The van der Waals surface area contributed by atoms with E-state index in [-0.39, 0.29) is 5.41 Å². The van der Waals surface area contributed by atoms with E-state index < -0.39 is 0 Å². The van der Waals surface area contributed by atoms with E-state index in [4.69, 9.17) is 4.52 Å². The van der Waals surface area contributed by atoms with Crippen LogP contribution in [0.1, 0.15) is 18.7 Å². The molecule has 2 fully saturated rings. The molecule has 3 aromatic rings. The van der Waals surface area contributed by atoms with E-state index in [0.717, 1.165) is 36.8 Å². The highest BCUT2D eigenvalue weighted by molar-refractivity contribution is 5.56. The van der Waals surface area contributed by atoms with Crippen molar-refractivity contribution >= 4 is 0 Å². The molecule has 7 nitrogen and oxygen atoms in total. The minimum absolute atomic E-state index is 0.0586. The van der Waals surface area contributed by atoms with Gasteiger partial charge in [-0.1, -0.05) is 5.16 Å². The van der Waals surface area contributed by atoms with Crippen molar-refractivity contribution in [2.24, 2.45) is 5.92 Å². The van der Waals surface area contributed by atoms with E-state index in [1.807, 2.05) is 24.4 Å². The fourth-order valence-electron chi connectivity index (χ4n) is 3.68. The van der Waals surface area contributed by atoms with Crippen LogP contribution in [-0.4, -0.2) is 38.0 Å². The Hall–Kier alpha value is -2.54. The minimum Gasteiger partial charge on any atom is -0.338 e. The molecule has 23 heavy (non-hydrogen) atoms. The Balaban J connectivity index is 1.50. The van der Waals surface area contributed by atoms with E-state index in [9.17, 15) is 0 Å². The molecule has 116 valence electrons. The molecular formula is C16H16N6O. The van der Waals surface area contributed by atoms with Crippen molar-refractivity contribution in [2.75, 3.05) is 13.1 Å². The van der Waals surface area contributed by atoms with Gasteiger partial charge in [0.05, 0.1) is 5.41 Å². The predicted octanol–water partition coefficient (Wildman–Crippen LogP) is 1.57. The van der Waals surface area contributed by atoms with Crippen LogP contribution in [0, 0.1) is 5.92 Å². The average molecular weight is 308 g/mol. The summed E-state index contributed by atoms with van der Waals surface area (Å²) in [5, 5.41) is 11.8. The number of pyridine rings is 1. The summed E-state index contributed by atoms with van der Waals surface area (Å²) in [7, 11) is 0. The zero-order valence-electron chi connectivity index (χ0n) is 12.5. The predicted molar refractivity (Wildman–Crippen MR) is 81.9 cm³/mol. The lowest BCUT2D eigenvalue weighted by Crippen LogP contribution is -2.43. The topological polar surface area (TPSA) is 81.7 Å². The summed E-state index contributed by atoms with van der Waals surface area (Å²) in [6.07, 6.45) is 7.69. The molecule has 1 N–H and O–H groups in total. The minimum atomic E-state index is 0.0586. The third-order valence-electron chi connectivity index (χ3n) is 5.15. The van der Waals surface area contributed by atoms with E-state index in [1.54, 1.807) is 17.1 Å². The second-order valence-corrected chi connectivity index (χ2v) is 6.30. The van der Waals surface area contributed by atoms with Gasteiger partial charge in [-0.3, -0.25) is 0 Å². The van der Waals surface area contributed by atoms with Gasteiger partial charge in [0.25, 0.3) is 0 Å². The molecule has 0 unspecified atom stereocenters. The van der Waals surface area contributed by atoms with E-state index in [1.165, 1.54) is 6.42 Å². The van der Waals surface area contributed by atoms with E-state index in [0.29, 0.717) is 11.7 Å². The number of rotatable bonds is 3. The van der Waals surface area contributed by atoms with Gasteiger partial charge in [-0.05, 0) is 43.5 Å². The normalized spacial score (nSPS) is 26.0. The first-order valence-electron chi connectivity index (χ1n) is 7.86. The van der Waals surface area contributed by atoms with Gasteiger partial charge in [-0.25, -0.2) is 9.67 Å². The molecule has 2 atom stereocenters. The summed E-state index contributed by atoms with van der Waals surface area (Å²) in [6, 6.07) is 5.68. The fourth-order valence-corrected chi connectivity index (χ4v) is 3.68. The second-order valence-electron chi connectivity index (χ2n) is 6.30. The van der Waals surface area contributed by atoms with Gasteiger partial charge in [0.2, 0.25) is 11.7 Å². The summed E-state index contributed by atoms with van der Waals surface area (Å²) in [4.78, 5) is 9.02. The number of aromatic nitrogens is 5. The Labute approximate surface area is 132 Å². The standard InChI is InChI=1S/C16H16N6O/c1-5-19-22(7-1)13-8-11(3-6-18-13)14-20-15(23-21-14)16-4-2-12(16)9-17-10-16/h1,3,5-8,12,17H,2,4,9-10H2/t12-,16-/m0/s1. The highest BCUT2D eigenvalue weighted by atomic mass is 16.5. The molecule has 4 heterocycles. The number of hydrogen-bond donors (Lipinski definition) is 1. The fraction of sp³-hybridized carbons (Fsp3) is 0.375. The third kappa shape index (κ3) is 1.86. The summed E-state index contributed by atoms with van der Waals surface area (Å²) >= 11 is 0. The van der Waals surface area contributed by atoms with Crippen LogP contribution in [0.2, 0.25) is 0 Å². The zero-order chi connectivity index (χ0) is 15.3. The monoisotopic (exact) mass is 308 g/mol. The largest absolute Gasteiger partial charge is 0.338 e. The number of fused-ring (bicyclic) bond motifs is 1. The molecule has 0 radical (unpaired) electrons. The maximum Gasteiger partial charge on any atom is 0.234 e. The van der Waals surface area contributed by atoms with Crippen molar-refractivity contribution in [3.8, 4) is 17.2 Å². The number of nitrogens with zero attached hydrogens (tertiary/aromatic N) is 5. The molecule has 5 rings (SSSR count). The summed E-state index contributed by atoms with van der Waals surface area (Å²) in [5.74, 6) is 2.75. The first-order valence-corrected chi connectivity index (χ1v) is 7.86. The Bertz CT molecular complexity index is 842. The number of nitrogens with one attached hydrogen (secondary N) is 1. The zero-order valence-corrected chi connectivity index (χ0v) is 12.5. The Kier molecular flexibility index (Phi) is 2.66. The lowest BCUT2D eigenvalue weighted by molar-refractivity contribution is 0.131. The quantitative estimate of drug-likeness (QED) is 0.791. The SMILES string of the molecule is c1cnn(-c2cc(-c3noc([C@]45CC[C@H]4CNC5)n3)ccn2)c1. The van der Waals surface area contributed by atoms with Crippen LogP contribution in [0.3, 0.4) is 0 Å². The van der Waals surface area contributed by atoms with Crippen LogP contribution < -0.4 is 5.32 Å². The maximum atomic E-state index is 5.61. The van der Waals surface area contributed by atoms with Crippen LogP contribution in [0.4, 0.5) is 0 Å². The highest BCUT2D eigenvalue weighted by Gasteiger charge is 2.54. The van der Waals surface area contributed by atoms with Crippen molar-refractivity contribution < 1.29 is 4.52 Å². The molecule has 0 amide bonds. The van der Waals surface area contributed by atoms with Crippen molar-refractivity contribution in [1.29, 1.82) is 0 Å². The molecule has 1 aliphatic carbocycles. The van der Waals surface area contributed by atoms with Gasteiger partial charge in [-0.15, -0.1) is 0 Å². The Morgan fingerprint density at radius 1 is 1.35 bits per heavy atom. The van der Waals surface area contributed by atoms with Gasteiger partial charge >= 0.3 is 0 Å². The van der Waals surface area contributed by atoms with Crippen LogP contribution in [0.25, 0.3) is 17.2 Å². The second kappa shape index (κ2) is 4.73. The lowest BCUT2D eigenvalue weighted by atomic mass is 9.62. The molecule has 1 saturated heterocycles. The lowest BCUT2D eigenvalue weighted by Gasteiger charge is -2.40. The summed E-state index contributed by atoms with van der Waals surface area (Å²) in [5.41, 5.74) is 0.946. The van der Waals surface area contributed by atoms with Gasteiger partial charge in [0.1, 0.15) is 0 Å². The van der Waals surface area contributed by atoms with Gasteiger partial charge < -0.3 is 9.84 Å². The molecule has 3 aromatic heterocycles. The molecule has 1 aliphatic heterocycles. The molecule has 1 saturated carbocycles. The van der Waals surface area contributed by atoms with Crippen LogP contribution >= 0.6 is 0 Å². The van der Waals surface area contributed by atoms with Crippen molar-refractivity contribution in [3.63, 3.8) is 0 Å².